The second kappa shape index (κ2) is 10.6. The summed E-state index contributed by atoms with van der Waals surface area (Å²) < 4.78 is 36.9. The van der Waals surface area contributed by atoms with E-state index >= 15 is 0 Å². The summed E-state index contributed by atoms with van der Waals surface area (Å²) >= 11 is 6.73. The predicted octanol–water partition coefficient (Wildman–Crippen LogP) is 4.74. The van der Waals surface area contributed by atoms with Gasteiger partial charge in [-0.3, -0.25) is 9.48 Å². The van der Waals surface area contributed by atoms with E-state index < -0.39 is 9.84 Å². The van der Waals surface area contributed by atoms with Crippen molar-refractivity contribution in [1.82, 2.24) is 15.1 Å². The number of benzene rings is 1. The molecule has 1 heterocycles. The van der Waals surface area contributed by atoms with Crippen molar-refractivity contribution < 1.29 is 22.7 Å². The van der Waals surface area contributed by atoms with Crippen molar-refractivity contribution in [3.63, 3.8) is 0 Å². The lowest BCUT2D eigenvalue weighted by Crippen LogP contribution is -2.34. The first kappa shape index (κ1) is 26.8. The molecule has 2 fully saturated rings. The van der Waals surface area contributed by atoms with Crippen LogP contribution in [0.1, 0.15) is 62.9 Å². The molecular weight excluding hydrogens is 502 g/mol. The van der Waals surface area contributed by atoms with Gasteiger partial charge in [-0.05, 0) is 63.5 Å². The highest BCUT2D eigenvalue weighted by molar-refractivity contribution is 7.91. The molecular formula is C26H36ClN3O5S. The molecule has 1 amide bonds. The summed E-state index contributed by atoms with van der Waals surface area (Å²) in [7, 11) is -1.42. The third kappa shape index (κ3) is 5.99. The van der Waals surface area contributed by atoms with Crippen molar-refractivity contribution in [2.24, 2.45) is 11.3 Å². The number of halogens is 1. The van der Waals surface area contributed by atoms with E-state index in [0.717, 1.165) is 24.2 Å². The summed E-state index contributed by atoms with van der Waals surface area (Å²) in [5.41, 5.74) is 1.80. The Morgan fingerprint density at radius 3 is 2.53 bits per heavy atom. The van der Waals surface area contributed by atoms with Gasteiger partial charge in [0, 0.05) is 36.4 Å². The third-order valence-electron chi connectivity index (χ3n) is 7.48. The fourth-order valence-electron chi connectivity index (χ4n) is 4.73. The van der Waals surface area contributed by atoms with E-state index in [1.54, 1.807) is 11.8 Å². The third-order valence-corrected chi connectivity index (χ3v) is 9.52. The summed E-state index contributed by atoms with van der Waals surface area (Å²) in [6, 6.07) is 5.62. The highest BCUT2D eigenvalue weighted by Gasteiger charge is 2.38. The van der Waals surface area contributed by atoms with Gasteiger partial charge in [-0.2, -0.15) is 5.10 Å². The monoisotopic (exact) mass is 537 g/mol. The second-order valence-corrected chi connectivity index (χ2v) is 13.2. The zero-order valence-corrected chi connectivity index (χ0v) is 23.0. The summed E-state index contributed by atoms with van der Waals surface area (Å²) in [5, 5.41) is 7.45. The first-order valence-electron chi connectivity index (χ1n) is 12.6. The molecule has 1 aromatic carbocycles. The van der Waals surface area contributed by atoms with Gasteiger partial charge < -0.3 is 14.8 Å². The SMILES string of the molecule is CCn1nc(C(=O)NCC2CCC(S(C)(=O)=O)CC2)c(Cl)c1-c1ccc(OCC2(C)CC2)cc1OC. The van der Waals surface area contributed by atoms with E-state index in [0.29, 0.717) is 44.0 Å². The number of aryl methyl sites for hydroxylation is 1. The van der Waals surface area contributed by atoms with Crippen molar-refractivity contribution in [3.05, 3.63) is 28.9 Å². The van der Waals surface area contributed by atoms with Crippen LogP contribution in [0.2, 0.25) is 5.02 Å². The van der Waals surface area contributed by atoms with Crippen LogP contribution in [-0.2, 0) is 16.4 Å². The Kier molecular flexibility index (Phi) is 7.90. The molecule has 36 heavy (non-hydrogen) atoms. The van der Waals surface area contributed by atoms with Crippen LogP contribution < -0.4 is 14.8 Å². The van der Waals surface area contributed by atoms with Gasteiger partial charge in [-0.15, -0.1) is 0 Å². The van der Waals surface area contributed by atoms with Crippen molar-refractivity contribution >= 4 is 27.3 Å². The Bertz CT molecular complexity index is 1210. The van der Waals surface area contributed by atoms with Crippen LogP contribution in [0, 0.1) is 11.3 Å². The molecule has 0 aliphatic heterocycles. The van der Waals surface area contributed by atoms with Gasteiger partial charge in [0.2, 0.25) is 0 Å². The molecule has 0 bridgehead atoms. The summed E-state index contributed by atoms with van der Waals surface area (Å²) in [5.74, 6) is 1.23. The summed E-state index contributed by atoms with van der Waals surface area (Å²) in [6.45, 7) is 5.82. The number of hydrogen-bond donors (Lipinski definition) is 1. The van der Waals surface area contributed by atoms with Gasteiger partial charge in [-0.1, -0.05) is 18.5 Å². The van der Waals surface area contributed by atoms with Crippen LogP contribution in [-0.4, -0.2) is 55.9 Å². The minimum absolute atomic E-state index is 0.169. The van der Waals surface area contributed by atoms with Crippen LogP contribution in [0.3, 0.4) is 0 Å². The minimum Gasteiger partial charge on any atom is -0.496 e. The molecule has 1 aromatic heterocycles. The molecule has 2 aliphatic rings. The highest BCUT2D eigenvalue weighted by Crippen LogP contribution is 2.45. The van der Waals surface area contributed by atoms with Gasteiger partial charge in [0.1, 0.15) is 21.3 Å². The quantitative estimate of drug-likeness (QED) is 0.470. The smallest absolute Gasteiger partial charge is 0.273 e. The van der Waals surface area contributed by atoms with Gasteiger partial charge in [0.05, 0.1) is 29.7 Å². The average molecular weight is 538 g/mol. The Morgan fingerprint density at radius 2 is 1.94 bits per heavy atom. The molecule has 0 atom stereocenters. The maximum Gasteiger partial charge on any atom is 0.273 e. The predicted molar refractivity (Wildman–Crippen MR) is 141 cm³/mol. The maximum atomic E-state index is 13.0. The minimum atomic E-state index is -3.01. The lowest BCUT2D eigenvalue weighted by Gasteiger charge is -2.27. The molecule has 2 saturated carbocycles. The first-order chi connectivity index (χ1) is 17.0. The van der Waals surface area contributed by atoms with Crippen LogP contribution in [0.5, 0.6) is 11.5 Å². The van der Waals surface area contributed by atoms with E-state index in [4.69, 9.17) is 21.1 Å². The maximum absolute atomic E-state index is 13.0. The largest absolute Gasteiger partial charge is 0.496 e. The highest BCUT2D eigenvalue weighted by atomic mass is 35.5. The molecule has 2 aliphatic carbocycles. The molecule has 0 saturated heterocycles. The standard InChI is InChI=1S/C26H36ClN3O5S/c1-5-30-24(20-11-8-18(14-21(20)34-3)35-16-26(2)12-13-26)22(27)23(29-30)25(31)28-15-17-6-9-19(10-7-17)36(4,32)33/h8,11,14,17,19H,5-7,9-10,12-13,15-16H2,1-4H3,(H,28,31). The van der Waals surface area contributed by atoms with Crippen LogP contribution in [0.15, 0.2) is 18.2 Å². The molecule has 8 nitrogen and oxygen atoms in total. The summed E-state index contributed by atoms with van der Waals surface area (Å²) in [4.78, 5) is 13.0. The van der Waals surface area contributed by atoms with E-state index in [1.165, 1.54) is 19.1 Å². The Hall–Kier alpha value is -2.26. The Morgan fingerprint density at radius 1 is 1.25 bits per heavy atom. The Labute approximate surface area is 218 Å². The number of nitrogens with one attached hydrogen (secondary N) is 1. The van der Waals surface area contributed by atoms with Gasteiger partial charge in [0.15, 0.2) is 5.69 Å². The van der Waals surface area contributed by atoms with Gasteiger partial charge in [-0.25, -0.2) is 8.42 Å². The average Bonchev–Trinajstić information content (AvgIpc) is 3.50. The lowest BCUT2D eigenvalue weighted by atomic mass is 9.89. The number of carbonyl (C=O) groups excluding carboxylic acids is 1. The number of ether oxygens (including phenoxy) is 2. The Balaban J connectivity index is 1.47. The molecule has 0 spiro atoms. The number of rotatable bonds is 10. The van der Waals surface area contributed by atoms with Crippen molar-refractivity contribution in [3.8, 4) is 22.8 Å². The lowest BCUT2D eigenvalue weighted by molar-refractivity contribution is 0.0938. The molecule has 0 radical (unpaired) electrons. The van der Waals surface area contributed by atoms with E-state index in [2.05, 4.69) is 17.3 Å². The van der Waals surface area contributed by atoms with E-state index in [1.807, 2.05) is 25.1 Å². The molecule has 1 N–H and O–H groups in total. The molecule has 198 valence electrons. The molecule has 2 aromatic rings. The molecule has 0 unspecified atom stereocenters. The number of nitrogens with zero attached hydrogens (tertiary/aromatic N) is 2. The van der Waals surface area contributed by atoms with Crippen molar-refractivity contribution in [2.75, 3.05) is 26.5 Å². The number of hydrogen-bond acceptors (Lipinski definition) is 6. The molecule has 10 heteroatoms. The van der Waals surface area contributed by atoms with Gasteiger partial charge >= 0.3 is 0 Å². The molecule has 4 rings (SSSR count). The number of methoxy groups -OCH3 is 1. The first-order valence-corrected chi connectivity index (χ1v) is 14.9. The normalized spacial score (nSPS) is 21.1. The number of aromatic nitrogens is 2. The van der Waals surface area contributed by atoms with Crippen LogP contribution in [0.4, 0.5) is 0 Å². The van der Waals surface area contributed by atoms with Crippen LogP contribution in [0.25, 0.3) is 11.3 Å². The fourth-order valence-corrected chi connectivity index (χ4v) is 6.18. The zero-order chi connectivity index (χ0) is 26.1. The summed E-state index contributed by atoms with van der Waals surface area (Å²) in [6.07, 6.45) is 6.46. The fraction of sp³-hybridized carbons (Fsp3) is 0.615. The van der Waals surface area contributed by atoms with Crippen molar-refractivity contribution in [1.29, 1.82) is 0 Å². The topological polar surface area (TPSA) is 99.5 Å². The zero-order valence-electron chi connectivity index (χ0n) is 21.5. The van der Waals surface area contributed by atoms with Gasteiger partial charge in [0.25, 0.3) is 5.91 Å². The van der Waals surface area contributed by atoms with Crippen molar-refractivity contribution in [2.45, 2.75) is 64.2 Å². The van der Waals surface area contributed by atoms with E-state index in [-0.39, 0.29) is 33.2 Å². The number of carbonyl (C=O) groups is 1. The second-order valence-electron chi connectivity index (χ2n) is 10.5. The van der Waals surface area contributed by atoms with E-state index in [9.17, 15) is 13.2 Å². The number of sulfone groups is 1. The number of amides is 1. The van der Waals surface area contributed by atoms with Crippen LogP contribution >= 0.6 is 11.6 Å².